The molecule has 21 heavy (non-hydrogen) atoms. The second-order valence-electron chi connectivity index (χ2n) is 6.01. The summed E-state index contributed by atoms with van der Waals surface area (Å²) in [4.78, 5) is 16.8. The Kier molecular flexibility index (Phi) is 5.33. The van der Waals surface area contributed by atoms with Gasteiger partial charge in [0.15, 0.2) is 0 Å². The number of nitrogens with one attached hydrogen (secondary N) is 1. The molecule has 1 amide bonds. The third-order valence-corrected chi connectivity index (χ3v) is 4.25. The first-order chi connectivity index (χ1) is 9.99. The predicted octanol–water partition coefficient (Wildman–Crippen LogP) is 1.11. The van der Waals surface area contributed by atoms with Crippen molar-refractivity contribution in [2.24, 2.45) is 5.73 Å². The molecule has 1 aromatic carbocycles. The van der Waals surface area contributed by atoms with Crippen LogP contribution >= 0.6 is 0 Å². The smallest absolute Gasteiger partial charge is 0.238 e. The summed E-state index contributed by atoms with van der Waals surface area (Å²) in [6.07, 6.45) is 0. The third kappa shape index (κ3) is 4.27. The number of amides is 1. The minimum absolute atomic E-state index is 0.0353. The summed E-state index contributed by atoms with van der Waals surface area (Å²) < 4.78 is 0. The Bertz CT molecular complexity index is 479. The number of hydrogen-bond acceptors (Lipinski definition) is 4. The lowest BCUT2D eigenvalue weighted by molar-refractivity contribution is -0.118. The summed E-state index contributed by atoms with van der Waals surface area (Å²) in [6.45, 7) is 7.18. The Hall–Kier alpha value is -1.43. The summed E-state index contributed by atoms with van der Waals surface area (Å²) in [5, 5.41) is 2.96. The second kappa shape index (κ2) is 7.02. The molecule has 0 aromatic heterocycles. The van der Waals surface area contributed by atoms with Crippen LogP contribution in [-0.2, 0) is 11.3 Å². The highest BCUT2D eigenvalue weighted by Gasteiger charge is 2.27. The zero-order valence-electron chi connectivity index (χ0n) is 13.2. The van der Waals surface area contributed by atoms with Gasteiger partial charge in [0.05, 0.1) is 6.54 Å². The monoisotopic (exact) mass is 290 g/mol. The maximum absolute atomic E-state index is 12.2. The van der Waals surface area contributed by atoms with Gasteiger partial charge < -0.3 is 11.1 Å². The highest BCUT2D eigenvalue weighted by Crippen LogP contribution is 2.14. The molecule has 5 nitrogen and oxygen atoms in total. The summed E-state index contributed by atoms with van der Waals surface area (Å²) >= 11 is 0. The number of anilines is 1. The largest absolute Gasteiger partial charge is 0.326 e. The lowest BCUT2D eigenvalue weighted by Gasteiger charge is -2.42. The van der Waals surface area contributed by atoms with Crippen molar-refractivity contribution < 1.29 is 4.79 Å². The molecule has 1 aliphatic heterocycles. The standard InChI is InChI=1S/C16H26N4O/c1-12-9-20(10-13(2)19(12)3)11-16(21)18-15-6-4-5-14(7-15)8-17/h4-7,12-13H,8-11,17H2,1-3H3,(H,18,21). The van der Waals surface area contributed by atoms with E-state index < -0.39 is 0 Å². The Morgan fingerprint density at radius 2 is 2.00 bits per heavy atom. The SMILES string of the molecule is CC1CN(CC(=O)Nc2cccc(CN)c2)CC(C)N1C. The number of nitrogens with zero attached hydrogens (tertiary/aromatic N) is 2. The molecule has 0 bridgehead atoms. The van der Waals surface area contributed by atoms with E-state index in [0.717, 1.165) is 24.3 Å². The van der Waals surface area contributed by atoms with E-state index >= 15 is 0 Å². The van der Waals surface area contributed by atoms with Crippen LogP contribution in [0.3, 0.4) is 0 Å². The number of benzene rings is 1. The highest BCUT2D eigenvalue weighted by atomic mass is 16.2. The molecule has 0 spiro atoms. The zero-order chi connectivity index (χ0) is 15.4. The molecule has 0 aliphatic carbocycles. The van der Waals surface area contributed by atoms with Crippen molar-refractivity contribution in [3.63, 3.8) is 0 Å². The summed E-state index contributed by atoms with van der Waals surface area (Å²) in [5.41, 5.74) is 7.46. The van der Waals surface area contributed by atoms with Crippen LogP contribution < -0.4 is 11.1 Å². The Morgan fingerprint density at radius 3 is 2.62 bits per heavy atom. The van der Waals surface area contributed by atoms with Crippen LogP contribution in [0.1, 0.15) is 19.4 Å². The number of carbonyl (C=O) groups excluding carboxylic acids is 1. The van der Waals surface area contributed by atoms with Crippen LogP contribution in [0.25, 0.3) is 0 Å². The number of piperazine rings is 1. The average Bonchev–Trinajstić information content (AvgIpc) is 2.44. The number of hydrogen-bond donors (Lipinski definition) is 2. The summed E-state index contributed by atoms with van der Waals surface area (Å²) in [6, 6.07) is 8.64. The van der Waals surface area contributed by atoms with Gasteiger partial charge in [0.1, 0.15) is 0 Å². The molecule has 1 aromatic rings. The van der Waals surface area contributed by atoms with E-state index in [-0.39, 0.29) is 5.91 Å². The molecule has 2 unspecified atom stereocenters. The van der Waals surface area contributed by atoms with Gasteiger partial charge in [-0.25, -0.2) is 0 Å². The summed E-state index contributed by atoms with van der Waals surface area (Å²) in [7, 11) is 2.14. The van der Waals surface area contributed by atoms with E-state index in [2.05, 4.69) is 36.0 Å². The molecule has 1 heterocycles. The molecule has 5 heteroatoms. The maximum Gasteiger partial charge on any atom is 0.238 e. The molecule has 3 N–H and O–H groups in total. The fraction of sp³-hybridized carbons (Fsp3) is 0.562. The van der Waals surface area contributed by atoms with Gasteiger partial charge >= 0.3 is 0 Å². The van der Waals surface area contributed by atoms with Crippen molar-refractivity contribution in [2.75, 3.05) is 32.0 Å². The molecule has 1 aliphatic rings. The van der Waals surface area contributed by atoms with Crippen LogP contribution in [-0.4, -0.2) is 54.5 Å². The van der Waals surface area contributed by atoms with Crippen molar-refractivity contribution in [1.82, 2.24) is 9.80 Å². The zero-order valence-corrected chi connectivity index (χ0v) is 13.2. The molecular formula is C16H26N4O. The van der Waals surface area contributed by atoms with Crippen LogP contribution in [0.4, 0.5) is 5.69 Å². The predicted molar refractivity (Wildman–Crippen MR) is 86.1 cm³/mol. The van der Waals surface area contributed by atoms with E-state index in [4.69, 9.17) is 5.73 Å². The number of carbonyl (C=O) groups is 1. The van der Waals surface area contributed by atoms with Gasteiger partial charge in [-0.15, -0.1) is 0 Å². The van der Waals surface area contributed by atoms with Crippen molar-refractivity contribution in [2.45, 2.75) is 32.5 Å². The molecule has 1 fully saturated rings. The van der Waals surface area contributed by atoms with Crippen molar-refractivity contribution in [3.8, 4) is 0 Å². The van der Waals surface area contributed by atoms with E-state index in [9.17, 15) is 4.79 Å². The molecule has 0 saturated carbocycles. The third-order valence-electron chi connectivity index (χ3n) is 4.25. The molecule has 2 atom stereocenters. The lowest BCUT2D eigenvalue weighted by Crippen LogP contribution is -2.56. The van der Waals surface area contributed by atoms with E-state index in [1.165, 1.54) is 0 Å². The van der Waals surface area contributed by atoms with E-state index in [1.807, 2.05) is 24.3 Å². The van der Waals surface area contributed by atoms with Gasteiger partial charge in [0.25, 0.3) is 0 Å². The van der Waals surface area contributed by atoms with Crippen LogP contribution in [0, 0.1) is 0 Å². The highest BCUT2D eigenvalue weighted by molar-refractivity contribution is 5.92. The quantitative estimate of drug-likeness (QED) is 0.872. The van der Waals surface area contributed by atoms with Gasteiger partial charge in [0.2, 0.25) is 5.91 Å². The van der Waals surface area contributed by atoms with Crippen LogP contribution in [0.2, 0.25) is 0 Å². The van der Waals surface area contributed by atoms with Gasteiger partial charge in [-0.2, -0.15) is 0 Å². The molecule has 116 valence electrons. The van der Waals surface area contributed by atoms with Gasteiger partial charge in [-0.05, 0) is 38.6 Å². The van der Waals surface area contributed by atoms with Crippen LogP contribution in [0.5, 0.6) is 0 Å². The van der Waals surface area contributed by atoms with Crippen molar-refractivity contribution in [3.05, 3.63) is 29.8 Å². The van der Waals surface area contributed by atoms with E-state index in [1.54, 1.807) is 0 Å². The van der Waals surface area contributed by atoms with Gasteiger partial charge in [-0.3, -0.25) is 14.6 Å². The lowest BCUT2D eigenvalue weighted by atomic mass is 10.1. The fourth-order valence-electron chi connectivity index (χ4n) is 2.82. The minimum Gasteiger partial charge on any atom is -0.326 e. The maximum atomic E-state index is 12.2. The molecular weight excluding hydrogens is 264 g/mol. The first-order valence-electron chi connectivity index (χ1n) is 7.52. The topological polar surface area (TPSA) is 61.6 Å². The first kappa shape index (κ1) is 15.9. The fourth-order valence-corrected chi connectivity index (χ4v) is 2.82. The van der Waals surface area contributed by atoms with Gasteiger partial charge in [-0.1, -0.05) is 12.1 Å². The number of rotatable bonds is 4. The molecule has 1 saturated heterocycles. The first-order valence-corrected chi connectivity index (χ1v) is 7.52. The minimum atomic E-state index is 0.0353. The molecule has 2 rings (SSSR count). The van der Waals surface area contributed by atoms with Crippen LogP contribution in [0.15, 0.2) is 24.3 Å². The van der Waals surface area contributed by atoms with E-state index in [0.29, 0.717) is 25.2 Å². The molecule has 0 radical (unpaired) electrons. The van der Waals surface area contributed by atoms with Crippen molar-refractivity contribution in [1.29, 1.82) is 0 Å². The number of nitrogens with two attached hydrogens (primary N) is 1. The Labute approximate surface area is 127 Å². The Morgan fingerprint density at radius 1 is 1.33 bits per heavy atom. The summed E-state index contributed by atoms with van der Waals surface area (Å²) in [5.74, 6) is 0.0353. The number of likely N-dealkylation sites (N-methyl/N-ethyl adjacent to an activating group) is 1. The van der Waals surface area contributed by atoms with Crippen molar-refractivity contribution >= 4 is 11.6 Å². The second-order valence-corrected chi connectivity index (χ2v) is 6.01. The Balaban J connectivity index is 1.89. The normalized spacial score (nSPS) is 24.0. The van der Waals surface area contributed by atoms with Gasteiger partial charge in [0, 0.05) is 37.4 Å². The average molecular weight is 290 g/mol.